The number of methoxy groups -OCH3 is 1. The number of phenols is 1. The number of phenolic OH excluding ortho intramolecular Hbond substituents is 1. The minimum atomic E-state index is -0.347. The number of rotatable bonds is 5. The van der Waals surface area contributed by atoms with Crippen molar-refractivity contribution >= 4 is 5.91 Å². The quantitative estimate of drug-likeness (QED) is 0.769. The van der Waals surface area contributed by atoms with E-state index in [0.717, 1.165) is 0 Å². The Kier molecular flexibility index (Phi) is 5.39. The molecule has 5 nitrogen and oxygen atoms in total. The van der Waals surface area contributed by atoms with E-state index in [2.05, 4.69) is 10.6 Å². The van der Waals surface area contributed by atoms with E-state index in [1.807, 2.05) is 20.8 Å². The number of hydrogen-bond donors (Lipinski definition) is 3. The van der Waals surface area contributed by atoms with Gasteiger partial charge in [0.15, 0.2) is 11.5 Å². The Morgan fingerprint density at radius 1 is 1.40 bits per heavy atom. The first-order valence-electron chi connectivity index (χ1n) is 6.65. The van der Waals surface area contributed by atoms with Crippen LogP contribution in [0.25, 0.3) is 0 Å². The summed E-state index contributed by atoms with van der Waals surface area (Å²) in [4.78, 5) is 11.9. The van der Waals surface area contributed by atoms with E-state index in [1.54, 1.807) is 25.1 Å². The van der Waals surface area contributed by atoms with Crippen molar-refractivity contribution in [1.29, 1.82) is 0 Å². The van der Waals surface area contributed by atoms with Gasteiger partial charge in [0.05, 0.1) is 13.2 Å². The molecule has 1 unspecified atom stereocenters. The van der Waals surface area contributed by atoms with Crippen LogP contribution in [-0.2, 0) is 11.3 Å². The van der Waals surface area contributed by atoms with Gasteiger partial charge in [-0.3, -0.25) is 4.79 Å². The molecule has 0 bridgehead atoms. The molecular formula is C15H24N2O3. The number of carbonyl (C=O) groups is 1. The van der Waals surface area contributed by atoms with E-state index in [-0.39, 0.29) is 23.2 Å². The lowest BCUT2D eigenvalue weighted by Crippen LogP contribution is -2.49. The summed E-state index contributed by atoms with van der Waals surface area (Å²) in [7, 11) is 1.51. The van der Waals surface area contributed by atoms with Crippen LogP contribution in [0.15, 0.2) is 18.2 Å². The average molecular weight is 280 g/mol. The summed E-state index contributed by atoms with van der Waals surface area (Å²) in [6.45, 7) is 7.99. The zero-order valence-electron chi connectivity index (χ0n) is 12.8. The molecule has 0 aromatic heterocycles. The number of ether oxygens (including phenoxy) is 1. The summed E-state index contributed by atoms with van der Waals surface area (Å²) in [6.07, 6.45) is 0. The summed E-state index contributed by atoms with van der Waals surface area (Å²) in [6, 6.07) is 4.93. The molecule has 1 aromatic carbocycles. The van der Waals surface area contributed by atoms with Gasteiger partial charge in [-0.2, -0.15) is 0 Å². The highest BCUT2D eigenvalue weighted by atomic mass is 16.5. The SMILES string of the molecule is COc1cccc(CNC(C)C(=O)NC(C)(C)C)c1O. The summed E-state index contributed by atoms with van der Waals surface area (Å²) in [5.74, 6) is 0.460. The van der Waals surface area contributed by atoms with Gasteiger partial charge in [-0.05, 0) is 33.8 Å². The maximum absolute atomic E-state index is 11.9. The average Bonchev–Trinajstić information content (AvgIpc) is 2.35. The second-order valence-electron chi connectivity index (χ2n) is 5.81. The van der Waals surface area contributed by atoms with Gasteiger partial charge < -0.3 is 20.5 Å². The molecule has 1 atom stereocenters. The van der Waals surface area contributed by atoms with Crippen molar-refractivity contribution in [3.05, 3.63) is 23.8 Å². The van der Waals surface area contributed by atoms with Crippen LogP contribution in [0.2, 0.25) is 0 Å². The van der Waals surface area contributed by atoms with E-state index in [4.69, 9.17) is 4.74 Å². The third-order valence-electron chi connectivity index (χ3n) is 2.79. The van der Waals surface area contributed by atoms with Gasteiger partial charge in [0.2, 0.25) is 5.91 Å². The Labute approximate surface area is 120 Å². The number of hydrogen-bond acceptors (Lipinski definition) is 4. The van der Waals surface area contributed by atoms with E-state index >= 15 is 0 Å². The third kappa shape index (κ3) is 4.74. The second kappa shape index (κ2) is 6.61. The Morgan fingerprint density at radius 2 is 2.05 bits per heavy atom. The molecule has 0 aliphatic rings. The fourth-order valence-corrected chi connectivity index (χ4v) is 1.71. The van der Waals surface area contributed by atoms with Crippen LogP contribution in [0.5, 0.6) is 11.5 Å². The van der Waals surface area contributed by atoms with Gasteiger partial charge >= 0.3 is 0 Å². The van der Waals surface area contributed by atoms with Gasteiger partial charge in [0, 0.05) is 17.6 Å². The Morgan fingerprint density at radius 3 is 2.60 bits per heavy atom. The van der Waals surface area contributed by atoms with E-state index < -0.39 is 0 Å². The first-order valence-corrected chi connectivity index (χ1v) is 6.65. The highest BCUT2D eigenvalue weighted by Gasteiger charge is 2.19. The van der Waals surface area contributed by atoms with Crippen LogP contribution >= 0.6 is 0 Å². The molecule has 1 aromatic rings. The summed E-state index contributed by atoms with van der Waals surface area (Å²) < 4.78 is 5.05. The highest BCUT2D eigenvalue weighted by molar-refractivity contribution is 5.81. The van der Waals surface area contributed by atoms with Gasteiger partial charge in [-0.1, -0.05) is 12.1 Å². The molecule has 0 spiro atoms. The van der Waals surface area contributed by atoms with Crippen molar-refractivity contribution in [2.45, 2.75) is 45.8 Å². The van der Waals surface area contributed by atoms with Crippen molar-refractivity contribution in [1.82, 2.24) is 10.6 Å². The Balaban J connectivity index is 2.61. The van der Waals surface area contributed by atoms with Crippen LogP contribution in [-0.4, -0.2) is 29.7 Å². The smallest absolute Gasteiger partial charge is 0.237 e. The number of benzene rings is 1. The van der Waals surface area contributed by atoms with Crippen molar-refractivity contribution < 1.29 is 14.6 Å². The van der Waals surface area contributed by atoms with Crippen LogP contribution in [0.4, 0.5) is 0 Å². The second-order valence-corrected chi connectivity index (χ2v) is 5.81. The number of amides is 1. The predicted molar refractivity (Wildman–Crippen MR) is 78.9 cm³/mol. The molecule has 20 heavy (non-hydrogen) atoms. The van der Waals surface area contributed by atoms with Crippen molar-refractivity contribution in [2.75, 3.05) is 7.11 Å². The summed E-state index contributed by atoms with van der Waals surface area (Å²) in [5, 5.41) is 16.0. The van der Waals surface area contributed by atoms with Gasteiger partial charge in [0.25, 0.3) is 0 Å². The molecule has 0 saturated heterocycles. The van der Waals surface area contributed by atoms with Crippen molar-refractivity contribution in [2.24, 2.45) is 0 Å². The summed E-state index contributed by atoms with van der Waals surface area (Å²) >= 11 is 0. The van der Waals surface area contributed by atoms with E-state index in [9.17, 15) is 9.90 Å². The normalized spacial score (nSPS) is 12.8. The molecule has 3 N–H and O–H groups in total. The lowest BCUT2D eigenvalue weighted by atomic mass is 10.1. The largest absolute Gasteiger partial charge is 0.504 e. The first-order chi connectivity index (χ1) is 9.24. The number of carbonyl (C=O) groups excluding carboxylic acids is 1. The molecule has 1 amide bonds. The molecule has 0 aliphatic carbocycles. The minimum Gasteiger partial charge on any atom is -0.504 e. The lowest BCUT2D eigenvalue weighted by Gasteiger charge is -2.23. The maximum atomic E-state index is 11.9. The molecular weight excluding hydrogens is 256 g/mol. The molecule has 5 heteroatoms. The lowest BCUT2D eigenvalue weighted by molar-refractivity contribution is -0.124. The van der Waals surface area contributed by atoms with E-state index in [0.29, 0.717) is 17.9 Å². The van der Waals surface area contributed by atoms with Crippen molar-refractivity contribution in [3.63, 3.8) is 0 Å². The van der Waals surface area contributed by atoms with Crippen LogP contribution < -0.4 is 15.4 Å². The Hall–Kier alpha value is -1.75. The van der Waals surface area contributed by atoms with Gasteiger partial charge in [-0.25, -0.2) is 0 Å². The monoisotopic (exact) mass is 280 g/mol. The molecule has 1 rings (SSSR count). The van der Waals surface area contributed by atoms with Gasteiger partial charge in [-0.15, -0.1) is 0 Å². The third-order valence-corrected chi connectivity index (χ3v) is 2.79. The molecule has 0 aliphatic heterocycles. The molecule has 0 saturated carbocycles. The molecule has 0 radical (unpaired) electrons. The van der Waals surface area contributed by atoms with Crippen molar-refractivity contribution in [3.8, 4) is 11.5 Å². The number of aromatic hydroxyl groups is 1. The summed E-state index contributed by atoms with van der Waals surface area (Å²) in [5.41, 5.74) is 0.435. The zero-order chi connectivity index (χ0) is 15.3. The number of nitrogens with one attached hydrogen (secondary N) is 2. The molecule has 0 heterocycles. The highest BCUT2D eigenvalue weighted by Crippen LogP contribution is 2.29. The minimum absolute atomic E-state index is 0.0696. The van der Waals surface area contributed by atoms with Crippen LogP contribution in [0.3, 0.4) is 0 Å². The van der Waals surface area contributed by atoms with Crippen LogP contribution in [0.1, 0.15) is 33.3 Å². The zero-order valence-corrected chi connectivity index (χ0v) is 12.8. The van der Waals surface area contributed by atoms with Crippen LogP contribution in [0, 0.1) is 0 Å². The fraction of sp³-hybridized carbons (Fsp3) is 0.533. The Bertz CT molecular complexity index is 467. The fourth-order valence-electron chi connectivity index (χ4n) is 1.71. The molecule has 0 fully saturated rings. The molecule has 112 valence electrons. The first kappa shape index (κ1) is 16.3. The standard InChI is InChI=1S/C15H24N2O3/c1-10(14(19)17-15(2,3)4)16-9-11-7-6-8-12(20-5)13(11)18/h6-8,10,16,18H,9H2,1-5H3,(H,17,19). The predicted octanol–water partition coefficient (Wildman–Crippen LogP) is 1.79. The topological polar surface area (TPSA) is 70.6 Å². The maximum Gasteiger partial charge on any atom is 0.237 e. The number of para-hydroxylation sites is 1. The van der Waals surface area contributed by atoms with E-state index in [1.165, 1.54) is 7.11 Å². The van der Waals surface area contributed by atoms with Gasteiger partial charge in [0.1, 0.15) is 0 Å².